The standard InChI is InChI=1S/C20H21N5O5S/c1-4-9-25-18(27)13(12(2)21-19(25)28)10-17-23-24-20(30-17)31-11-16(26)22-14-7-5-6-8-15(14)29-3/h4-8H,1,9-11H2,2-3H3,(H,21,28)(H,22,26). The van der Waals surface area contributed by atoms with Crippen LogP contribution < -0.4 is 21.3 Å². The molecule has 162 valence electrons. The van der Waals surface area contributed by atoms with E-state index in [-0.39, 0.29) is 35.7 Å². The third kappa shape index (κ3) is 5.31. The van der Waals surface area contributed by atoms with Crippen molar-refractivity contribution in [3.05, 3.63) is 74.9 Å². The number of aromatic amines is 1. The summed E-state index contributed by atoms with van der Waals surface area (Å²) in [5.74, 6) is 0.533. The lowest BCUT2D eigenvalue weighted by Gasteiger charge is -2.08. The van der Waals surface area contributed by atoms with Crippen LogP contribution in [0.3, 0.4) is 0 Å². The first-order chi connectivity index (χ1) is 14.9. The van der Waals surface area contributed by atoms with E-state index in [0.29, 0.717) is 22.7 Å². The van der Waals surface area contributed by atoms with Crippen LogP contribution in [0.4, 0.5) is 5.69 Å². The molecule has 2 aromatic heterocycles. The van der Waals surface area contributed by atoms with Crippen molar-refractivity contribution in [3.63, 3.8) is 0 Å². The molecule has 3 aromatic rings. The van der Waals surface area contributed by atoms with Crippen LogP contribution in [-0.4, -0.2) is 38.5 Å². The number of aryl methyl sites for hydroxylation is 1. The van der Waals surface area contributed by atoms with Crippen LogP contribution in [0.5, 0.6) is 5.75 Å². The van der Waals surface area contributed by atoms with E-state index in [1.807, 2.05) is 0 Å². The minimum atomic E-state index is -0.506. The lowest BCUT2D eigenvalue weighted by Crippen LogP contribution is -2.37. The molecule has 31 heavy (non-hydrogen) atoms. The van der Waals surface area contributed by atoms with Crippen LogP contribution in [0.2, 0.25) is 0 Å². The number of carbonyl (C=O) groups is 1. The number of benzene rings is 1. The number of H-pyrrole nitrogens is 1. The summed E-state index contributed by atoms with van der Waals surface area (Å²) in [6.45, 7) is 5.27. The summed E-state index contributed by atoms with van der Waals surface area (Å²) in [6, 6.07) is 7.07. The number of nitrogens with one attached hydrogen (secondary N) is 2. The summed E-state index contributed by atoms with van der Waals surface area (Å²) in [5.41, 5.74) is 0.388. The molecule has 0 fully saturated rings. The minimum Gasteiger partial charge on any atom is -0.495 e. The number of nitrogens with zero attached hydrogens (tertiary/aromatic N) is 3. The van der Waals surface area contributed by atoms with Crippen LogP contribution in [0.15, 0.2) is 56.1 Å². The quantitative estimate of drug-likeness (QED) is 0.378. The van der Waals surface area contributed by atoms with Gasteiger partial charge in [0, 0.05) is 17.8 Å². The molecule has 0 spiro atoms. The Kier molecular flexibility index (Phi) is 7.08. The number of methoxy groups -OCH3 is 1. The van der Waals surface area contributed by atoms with E-state index in [1.165, 1.54) is 13.2 Å². The number of hydrogen-bond acceptors (Lipinski definition) is 8. The largest absolute Gasteiger partial charge is 0.495 e. The molecule has 0 bridgehead atoms. The molecule has 2 N–H and O–H groups in total. The first-order valence-corrected chi connectivity index (χ1v) is 10.2. The maximum atomic E-state index is 12.6. The number of thioether (sulfide) groups is 1. The van der Waals surface area contributed by atoms with Crippen molar-refractivity contribution in [2.24, 2.45) is 0 Å². The minimum absolute atomic E-state index is 0.0451. The highest BCUT2D eigenvalue weighted by Crippen LogP contribution is 2.24. The number of para-hydroxylation sites is 2. The third-order valence-corrected chi connectivity index (χ3v) is 5.11. The zero-order valence-corrected chi connectivity index (χ0v) is 17.8. The number of rotatable bonds is 9. The second-order valence-electron chi connectivity index (χ2n) is 6.41. The van der Waals surface area contributed by atoms with Crippen molar-refractivity contribution < 1.29 is 13.9 Å². The second kappa shape index (κ2) is 9.94. The van der Waals surface area contributed by atoms with Gasteiger partial charge in [-0.1, -0.05) is 30.0 Å². The maximum Gasteiger partial charge on any atom is 0.328 e. The highest BCUT2D eigenvalue weighted by molar-refractivity contribution is 7.99. The Balaban J connectivity index is 1.65. The van der Waals surface area contributed by atoms with Crippen molar-refractivity contribution in [1.29, 1.82) is 0 Å². The van der Waals surface area contributed by atoms with Gasteiger partial charge in [0.2, 0.25) is 11.8 Å². The van der Waals surface area contributed by atoms with Gasteiger partial charge in [-0.25, -0.2) is 4.79 Å². The van der Waals surface area contributed by atoms with Gasteiger partial charge < -0.3 is 19.5 Å². The van der Waals surface area contributed by atoms with Crippen LogP contribution in [-0.2, 0) is 17.8 Å². The van der Waals surface area contributed by atoms with Gasteiger partial charge in [0.25, 0.3) is 10.8 Å². The Morgan fingerprint density at radius 2 is 2.13 bits per heavy atom. The van der Waals surface area contributed by atoms with Crippen LogP contribution in [0, 0.1) is 6.92 Å². The molecule has 0 atom stereocenters. The number of hydrogen-bond donors (Lipinski definition) is 2. The first-order valence-electron chi connectivity index (χ1n) is 9.24. The molecule has 1 amide bonds. The first kappa shape index (κ1) is 22.1. The molecule has 0 aliphatic rings. The normalized spacial score (nSPS) is 10.6. The molecule has 0 radical (unpaired) electrons. The Morgan fingerprint density at radius 3 is 2.87 bits per heavy atom. The Bertz CT molecular complexity index is 1210. The summed E-state index contributed by atoms with van der Waals surface area (Å²) in [5, 5.41) is 10.8. The van der Waals surface area contributed by atoms with Gasteiger partial charge in [-0.2, -0.15) is 0 Å². The van der Waals surface area contributed by atoms with Crippen LogP contribution >= 0.6 is 11.8 Å². The second-order valence-corrected chi connectivity index (χ2v) is 7.34. The van der Waals surface area contributed by atoms with Gasteiger partial charge in [-0.3, -0.25) is 14.2 Å². The van der Waals surface area contributed by atoms with E-state index in [1.54, 1.807) is 31.2 Å². The van der Waals surface area contributed by atoms with E-state index in [9.17, 15) is 14.4 Å². The molecule has 2 heterocycles. The van der Waals surface area contributed by atoms with Gasteiger partial charge >= 0.3 is 5.69 Å². The fraction of sp³-hybridized carbons (Fsp3) is 0.250. The smallest absolute Gasteiger partial charge is 0.328 e. The molecule has 0 aliphatic heterocycles. The fourth-order valence-corrected chi connectivity index (χ4v) is 3.38. The van der Waals surface area contributed by atoms with E-state index in [0.717, 1.165) is 16.3 Å². The van der Waals surface area contributed by atoms with Crippen molar-refractivity contribution in [3.8, 4) is 5.75 Å². The Morgan fingerprint density at radius 1 is 1.35 bits per heavy atom. The number of amides is 1. The molecule has 1 aromatic carbocycles. The molecule has 10 nitrogen and oxygen atoms in total. The van der Waals surface area contributed by atoms with E-state index in [2.05, 4.69) is 27.1 Å². The van der Waals surface area contributed by atoms with Crippen molar-refractivity contribution in [1.82, 2.24) is 19.7 Å². The number of ether oxygens (including phenoxy) is 1. The monoisotopic (exact) mass is 443 g/mol. The molecule has 0 saturated heterocycles. The Hall–Kier alpha value is -3.60. The van der Waals surface area contributed by atoms with Crippen molar-refractivity contribution >= 4 is 23.4 Å². The fourth-order valence-electron chi connectivity index (χ4n) is 2.80. The number of anilines is 1. The molecular formula is C20H21N5O5S. The molecule has 0 saturated carbocycles. The zero-order chi connectivity index (χ0) is 22.4. The van der Waals surface area contributed by atoms with Gasteiger partial charge in [0.15, 0.2) is 0 Å². The van der Waals surface area contributed by atoms with Crippen LogP contribution in [0.1, 0.15) is 17.1 Å². The third-order valence-electron chi connectivity index (χ3n) is 4.29. The molecule has 0 aliphatic carbocycles. The van der Waals surface area contributed by atoms with Gasteiger partial charge in [0.05, 0.1) is 25.0 Å². The predicted molar refractivity (Wildman–Crippen MR) is 116 cm³/mol. The Labute approximate surface area is 181 Å². The number of allylic oxidation sites excluding steroid dienone is 1. The lowest BCUT2D eigenvalue weighted by molar-refractivity contribution is -0.113. The predicted octanol–water partition coefficient (Wildman–Crippen LogP) is 1.74. The topological polar surface area (TPSA) is 132 Å². The van der Waals surface area contributed by atoms with Crippen molar-refractivity contribution in [2.45, 2.75) is 25.1 Å². The summed E-state index contributed by atoms with van der Waals surface area (Å²) in [6.07, 6.45) is 1.52. The summed E-state index contributed by atoms with van der Waals surface area (Å²) in [4.78, 5) is 39.4. The molecule has 3 rings (SSSR count). The zero-order valence-electron chi connectivity index (χ0n) is 17.0. The van der Waals surface area contributed by atoms with Crippen molar-refractivity contribution in [2.75, 3.05) is 18.2 Å². The van der Waals surface area contributed by atoms with E-state index < -0.39 is 11.2 Å². The molecular weight excluding hydrogens is 422 g/mol. The van der Waals surface area contributed by atoms with E-state index in [4.69, 9.17) is 9.15 Å². The maximum absolute atomic E-state index is 12.6. The average Bonchev–Trinajstić information content (AvgIpc) is 3.20. The van der Waals surface area contributed by atoms with Gasteiger partial charge in [-0.05, 0) is 19.1 Å². The lowest BCUT2D eigenvalue weighted by atomic mass is 10.1. The number of aromatic nitrogens is 4. The highest BCUT2D eigenvalue weighted by atomic mass is 32.2. The SMILES string of the molecule is C=CCn1c(=O)[nH]c(C)c(Cc2nnc(SCC(=O)Nc3ccccc3OC)o2)c1=O. The van der Waals surface area contributed by atoms with Crippen LogP contribution in [0.25, 0.3) is 0 Å². The van der Waals surface area contributed by atoms with Gasteiger partial charge in [0.1, 0.15) is 5.75 Å². The van der Waals surface area contributed by atoms with E-state index >= 15 is 0 Å². The average molecular weight is 443 g/mol. The summed E-state index contributed by atoms with van der Waals surface area (Å²) in [7, 11) is 1.52. The molecule has 11 heteroatoms. The summed E-state index contributed by atoms with van der Waals surface area (Å²) >= 11 is 1.07. The summed E-state index contributed by atoms with van der Waals surface area (Å²) < 4.78 is 11.8. The number of carbonyl (C=O) groups excluding carboxylic acids is 1. The van der Waals surface area contributed by atoms with Gasteiger partial charge in [-0.15, -0.1) is 16.8 Å². The molecule has 0 unspecified atom stereocenters. The highest BCUT2D eigenvalue weighted by Gasteiger charge is 2.16.